The van der Waals surface area contributed by atoms with Crippen molar-refractivity contribution in [3.05, 3.63) is 12.2 Å². The third-order valence-electron chi connectivity index (χ3n) is 3.47. The number of carboxylic acids is 2. The second kappa shape index (κ2) is 11.5. The molecule has 0 rings (SSSR count). The highest BCUT2D eigenvalue weighted by molar-refractivity contribution is 5.93. The lowest BCUT2D eigenvalue weighted by molar-refractivity contribution is -0.154. The van der Waals surface area contributed by atoms with Gasteiger partial charge in [0, 0.05) is 0 Å². The summed E-state index contributed by atoms with van der Waals surface area (Å²) in [4.78, 5) is 21.5. The van der Waals surface area contributed by atoms with Crippen molar-refractivity contribution in [1.82, 2.24) is 0 Å². The van der Waals surface area contributed by atoms with E-state index in [0.29, 0.717) is 0 Å². The van der Waals surface area contributed by atoms with Crippen LogP contribution < -0.4 is 0 Å². The fourth-order valence-corrected chi connectivity index (χ4v) is 2.18. The van der Waals surface area contributed by atoms with E-state index in [0.717, 1.165) is 24.8 Å². The van der Waals surface area contributed by atoms with E-state index >= 15 is 0 Å². The number of rotatable bonds is 13. The molecule has 0 spiro atoms. The van der Waals surface area contributed by atoms with Crippen LogP contribution in [-0.4, -0.2) is 22.2 Å². The van der Waals surface area contributed by atoms with Gasteiger partial charge >= 0.3 is 11.9 Å². The molecule has 0 radical (unpaired) electrons. The lowest BCUT2D eigenvalue weighted by Gasteiger charge is -2.09. The van der Waals surface area contributed by atoms with Crippen LogP contribution in [0.2, 0.25) is 0 Å². The number of hydrogen-bond donors (Lipinski definition) is 2. The number of hydrogen-bond acceptors (Lipinski definition) is 2. The van der Waals surface area contributed by atoms with Gasteiger partial charge in [0.2, 0.25) is 0 Å². The monoisotopic (exact) mass is 284 g/mol. The smallest absolute Gasteiger partial charge is 0.318 e. The van der Waals surface area contributed by atoms with Gasteiger partial charge in [-0.1, -0.05) is 64.0 Å². The average Bonchev–Trinajstić information content (AvgIpc) is 2.38. The molecule has 0 aromatic heterocycles. The summed E-state index contributed by atoms with van der Waals surface area (Å²) in [5.41, 5.74) is 0.728. The van der Waals surface area contributed by atoms with Crippen molar-refractivity contribution in [3.63, 3.8) is 0 Å². The van der Waals surface area contributed by atoms with Crippen molar-refractivity contribution in [2.45, 2.75) is 71.1 Å². The van der Waals surface area contributed by atoms with Crippen LogP contribution in [0.1, 0.15) is 71.1 Å². The Morgan fingerprint density at radius 1 is 0.900 bits per heavy atom. The van der Waals surface area contributed by atoms with E-state index in [9.17, 15) is 9.59 Å². The molecule has 0 aliphatic carbocycles. The van der Waals surface area contributed by atoms with Crippen LogP contribution in [0.15, 0.2) is 12.2 Å². The quantitative estimate of drug-likeness (QED) is 0.301. The van der Waals surface area contributed by atoms with Gasteiger partial charge in [0.1, 0.15) is 0 Å². The normalized spacial score (nSPS) is 10.7. The van der Waals surface area contributed by atoms with Gasteiger partial charge in [-0.3, -0.25) is 9.59 Å². The van der Waals surface area contributed by atoms with E-state index in [1.165, 1.54) is 38.5 Å². The van der Waals surface area contributed by atoms with Crippen LogP contribution in [-0.2, 0) is 9.59 Å². The molecule has 0 bridgehead atoms. The fraction of sp³-hybridized carbons (Fsp3) is 0.750. The minimum atomic E-state index is -1.35. The van der Waals surface area contributed by atoms with Gasteiger partial charge in [0.15, 0.2) is 5.92 Å². The average molecular weight is 284 g/mol. The lowest BCUT2D eigenvalue weighted by Crippen LogP contribution is -2.23. The van der Waals surface area contributed by atoms with Gasteiger partial charge in [-0.15, -0.1) is 0 Å². The Hall–Kier alpha value is -1.32. The van der Waals surface area contributed by atoms with Crippen LogP contribution in [0.5, 0.6) is 0 Å². The molecule has 0 heterocycles. The van der Waals surface area contributed by atoms with Crippen molar-refractivity contribution >= 4 is 11.9 Å². The Kier molecular flexibility index (Phi) is 10.7. The second-order valence-electron chi connectivity index (χ2n) is 5.41. The number of carboxylic acid groups (broad SMARTS) is 2. The van der Waals surface area contributed by atoms with Gasteiger partial charge in [-0.2, -0.15) is 0 Å². The first-order valence-electron chi connectivity index (χ1n) is 7.61. The molecule has 20 heavy (non-hydrogen) atoms. The third kappa shape index (κ3) is 9.59. The molecule has 4 heteroatoms. The molecule has 2 N–H and O–H groups in total. The lowest BCUT2D eigenvalue weighted by atomic mass is 9.96. The predicted octanol–water partition coefficient (Wildman–Crippen LogP) is 4.25. The Morgan fingerprint density at radius 2 is 1.35 bits per heavy atom. The Morgan fingerprint density at radius 3 is 1.80 bits per heavy atom. The van der Waals surface area contributed by atoms with E-state index in [1.807, 2.05) is 0 Å². The topological polar surface area (TPSA) is 74.6 Å². The zero-order chi connectivity index (χ0) is 15.4. The zero-order valence-corrected chi connectivity index (χ0v) is 12.6. The van der Waals surface area contributed by atoms with Crippen molar-refractivity contribution in [1.29, 1.82) is 0 Å². The second-order valence-corrected chi connectivity index (χ2v) is 5.41. The molecule has 0 aliphatic rings. The first-order chi connectivity index (χ1) is 9.49. The maximum Gasteiger partial charge on any atom is 0.318 e. The minimum Gasteiger partial charge on any atom is -0.481 e. The van der Waals surface area contributed by atoms with Crippen molar-refractivity contribution in [2.24, 2.45) is 5.92 Å². The Bertz CT molecular complexity index is 296. The van der Waals surface area contributed by atoms with Gasteiger partial charge in [0.25, 0.3) is 0 Å². The summed E-state index contributed by atoms with van der Waals surface area (Å²) in [6, 6.07) is 0. The highest BCUT2D eigenvalue weighted by atomic mass is 16.4. The van der Waals surface area contributed by atoms with Crippen molar-refractivity contribution < 1.29 is 19.8 Å². The number of carbonyl (C=O) groups is 2. The molecule has 0 saturated carbocycles. The highest BCUT2D eigenvalue weighted by Gasteiger charge is 2.25. The van der Waals surface area contributed by atoms with Crippen LogP contribution in [0, 0.1) is 5.92 Å². The predicted molar refractivity (Wildman–Crippen MR) is 79.7 cm³/mol. The summed E-state index contributed by atoms with van der Waals surface area (Å²) in [5.74, 6) is -3.92. The van der Waals surface area contributed by atoms with E-state index < -0.39 is 17.9 Å². The molecule has 0 unspecified atom stereocenters. The maximum atomic E-state index is 10.8. The maximum absolute atomic E-state index is 10.8. The summed E-state index contributed by atoms with van der Waals surface area (Å²) in [7, 11) is 0. The molecular weight excluding hydrogens is 256 g/mol. The molecule has 0 amide bonds. The molecule has 0 aliphatic heterocycles. The van der Waals surface area contributed by atoms with E-state index in [2.05, 4.69) is 13.5 Å². The summed E-state index contributed by atoms with van der Waals surface area (Å²) in [6.45, 7) is 5.99. The molecule has 0 saturated heterocycles. The van der Waals surface area contributed by atoms with Gasteiger partial charge in [-0.05, 0) is 19.3 Å². The summed E-state index contributed by atoms with van der Waals surface area (Å²) < 4.78 is 0. The fourth-order valence-electron chi connectivity index (χ4n) is 2.18. The molecule has 0 fully saturated rings. The first kappa shape index (κ1) is 18.7. The number of aliphatic carboxylic acids is 2. The molecular formula is C16H28O4. The van der Waals surface area contributed by atoms with E-state index in [-0.39, 0.29) is 6.42 Å². The largest absolute Gasteiger partial charge is 0.481 e. The van der Waals surface area contributed by atoms with E-state index in [4.69, 9.17) is 10.2 Å². The zero-order valence-electron chi connectivity index (χ0n) is 12.6. The number of allylic oxidation sites excluding steroid dienone is 1. The molecule has 4 nitrogen and oxygen atoms in total. The van der Waals surface area contributed by atoms with E-state index in [1.54, 1.807) is 0 Å². The molecule has 0 aromatic rings. The van der Waals surface area contributed by atoms with Crippen molar-refractivity contribution in [3.8, 4) is 0 Å². The SMILES string of the molecule is C=C(CCCCCCCCCC)CC(C(=O)O)C(=O)O. The van der Waals surface area contributed by atoms with Crippen LogP contribution >= 0.6 is 0 Å². The standard InChI is InChI=1S/C16H28O4/c1-3-4-5-6-7-8-9-10-11-13(2)12-14(15(17)18)16(19)20/h14H,2-12H2,1H3,(H,17,18)(H,19,20). The van der Waals surface area contributed by atoms with Gasteiger partial charge in [0.05, 0.1) is 0 Å². The Labute approximate surface area is 121 Å². The summed E-state index contributed by atoms with van der Waals surface area (Å²) in [6.07, 6.45) is 10.5. The Balaban J connectivity index is 3.63. The van der Waals surface area contributed by atoms with Crippen molar-refractivity contribution in [2.75, 3.05) is 0 Å². The minimum absolute atomic E-state index is 0.0428. The van der Waals surface area contributed by atoms with Gasteiger partial charge < -0.3 is 10.2 Å². The van der Waals surface area contributed by atoms with Gasteiger partial charge in [-0.25, -0.2) is 0 Å². The number of unbranched alkanes of at least 4 members (excludes halogenated alkanes) is 7. The first-order valence-corrected chi connectivity index (χ1v) is 7.61. The third-order valence-corrected chi connectivity index (χ3v) is 3.47. The van der Waals surface area contributed by atoms with Crippen LogP contribution in [0.4, 0.5) is 0 Å². The summed E-state index contributed by atoms with van der Waals surface area (Å²) in [5, 5.41) is 17.6. The molecule has 0 aromatic carbocycles. The molecule has 116 valence electrons. The van der Waals surface area contributed by atoms with Crippen LogP contribution in [0.25, 0.3) is 0 Å². The molecule has 0 atom stereocenters. The summed E-state index contributed by atoms with van der Waals surface area (Å²) >= 11 is 0. The highest BCUT2D eigenvalue weighted by Crippen LogP contribution is 2.18. The van der Waals surface area contributed by atoms with Crippen LogP contribution in [0.3, 0.4) is 0 Å².